The van der Waals surface area contributed by atoms with Crippen LogP contribution in [-0.2, 0) is 11.3 Å². The lowest BCUT2D eigenvalue weighted by molar-refractivity contribution is 0.0331. The predicted octanol–water partition coefficient (Wildman–Crippen LogP) is 4.50. The third-order valence-corrected chi connectivity index (χ3v) is 7.92. The van der Waals surface area contributed by atoms with Gasteiger partial charge in [-0.15, -0.1) is 22.7 Å². The molecule has 0 aromatic carbocycles. The van der Waals surface area contributed by atoms with Gasteiger partial charge in [0.05, 0.1) is 25.1 Å². The van der Waals surface area contributed by atoms with Crippen LogP contribution in [0.25, 0.3) is 15.8 Å². The normalized spacial score (nSPS) is 18.4. The van der Waals surface area contributed by atoms with Crippen molar-refractivity contribution in [3.05, 3.63) is 44.7 Å². The second-order valence-electron chi connectivity index (χ2n) is 7.72. The van der Waals surface area contributed by atoms with Gasteiger partial charge in [-0.1, -0.05) is 12.1 Å². The molecule has 29 heavy (non-hydrogen) atoms. The van der Waals surface area contributed by atoms with E-state index in [1.807, 2.05) is 11.3 Å². The topological polar surface area (TPSA) is 41.5 Å². The molecule has 3 aromatic heterocycles. The van der Waals surface area contributed by atoms with Gasteiger partial charge in [0.25, 0.3) is 0 Å². The summed E-state index contributed by atoms with van der Waals surface area (Å²) in [6.45, 7) is 10.6. The molecule has 2 aliphatic rings. The molecule has 0 N–H and O–H groups in total. The summed E-state index contributed by atoms with van der Waals surface area (Å²) in [4.78, 5) is 18.7. The van der Waals surface area contributed by atoms with E-state index < -0.39 is 0 Å². The van der Waals surface area contributed by atoms with Crippen LogP contribution in [0, 0.1) is 13.8 Å². The van der Waals surface area contributed by atoms with Crippen LogP contribution in [0.5, 0.6) is 0 Å². The van der Waals surface area contributed by atoms with Crippen LogP contribution in [0.1, 0.15) is 27.6 Å². The molecule has 0 atom stereocenters. The maximum atomic E-state index is 5.49. The van der Waals surface area contributed by atoms with E-state index in [1.165, 1.54) is 26.3 Å². The van der Waals surface area contributed by atoms with Crippen molar-refractivity contribution in [3.63, 3.8) is 0 Å². The third kappa shape index (κ3) is 3.84. The van der Waals surface area contributed by atoms with Gasteiger partial charge in [0, 0.05) is 35.9 Å². The van der Waals surface area contributed by atoms with E-state index in [2.05, 4.69) is 47.2 Å². The van der Waals surface area contributed by atoms with Gasteiger partial charge in [-0.25, -0.2) is 9.97 Å². The van der Waals surface area contributed by atoms with E-state index in [0.29, 0.717) is 0 Å². The highest BCUT2D eigenvalue weighted by atomic mass is 32.1. The summed E-state index contributed by atoms with van der Waals surface area (Å²) in [7, 11) is 0. The highest BCUT2D eigenvalue weighted by molar-refractivity contribution is 7.18. The van der Waals surface area contributed by atoms with E-state index in [4.69, 9.17) is 14.7 Å². The highest BCUT2D eigenvalue weighted by Crippen LogP contribution is 2.37. The number of hydrogen-bond acceptors (Lipinski definition) is 7. The number of thiophene rings is 2. The van der Waals surface area contributed by atoms with Gasteiger partial charge in [-0.05, 0) is 42.9 Å². The zero-order chi connectivity index (χ0) is 19.8. The summed E-state index contributed by atoms with van der Waals surface area (Å²) in [5.41, 5.74) is 2.79. The summed E-state index contributed by atoms with van der Waals surface area (Å²) in [6.07, 6.45) is 3.44. The Morgan fingerprint density at radius 1 is 1.14 bits per heavy atom. The SMILES string of the molecule is Cc1sc2nc(CN3CCOCC3)nc(N3CC=C(c4cccs4)CC3)c2c1C. The molecule has 0 aliphatic carbocycles. The van der Waals surface area contributed by atoms with E-state index >= 15 is 0 Å². The molecule has 2 aliphatic heterocycles. The van der Waals surface area contributed by atoms with Crippen LogP contribution in [0.2, 0.25) is 0 Å². The molecule has 1 fully saturated rings. The van der Waals surface area contributed by atoms with Gasteiger partial charge in [0.15, 0.2) is 0 Å². The molecule has 1 saturated heterocycles. The average Bonchev–Trinajstić information content (AvgIpc) is 3.37. The molecule has 3 aromatic rings. The Hall–Kier alpha value is -1.80. The molecule has 0 unspecified atom stereocenters. The first-order valence-corrected chi connectivity index (χ1v) is 11.9. The molecule has 5 nitrogen and oxygen atoms in total. The van der Waals surface area contributed by atoms with E-state index in [-0.39, 0.29) is 0 Å². The lowest BCUT2D eigenvalue weighted by Gasteiger charge is -2.29. The summed E-state index contributed by atoms with van der Waals surface area (Å²) in [5, 5.41) is 3.40. The fourth-order valence-electron chi connectivity index (χ4n) is 4.08. The van der Waals surface area contributed by atoms with Gasteiger partial charge >= 0.3 is 0 Å². The third-order valence-electron chi connectivity index (χ3n) is 5.87. The second-order valence-corrected chi connectivity index (χ2v) is 9.87. The Morgan fingerprint density at radius 2 is 2.00 bits per heavy atom. The fraction of sp³-hybridized carbons (Fsp3) is 0.455. The molecule has 0 amide bonds. The van der Waals surface area contributed by atoms with Gasteiger partial charge in [0.2, 0.25) is 0 Å². The van der Waals surface area contributed by atoms with Gasteiger partial charge in [0.1, 0.15) is 16.5 Å². The number of morpholine rings is 1. The minimum absolute atomic E-state index is 0.798. The standard InChI is InChI=1S/C22H26N4OS2/c1-15-16(2)29-22-20(15)21(23-19(24-22)14-25-9-11-27-12-10-25)26-7-5-17(6-8-26)18-4-3-13-28-18/h3-5,13H,6-12,14H2,1-2H3. The van der Waals surface area contributed by atoms with Crippen molar-refractivity contribution in [3.8, 4) is 0 Å². The van der Waals surface area contributed by atoms with Gasteiger partial charge in [-0.2, -0.15) is 0 Å². The van der Waals surface area contributed by atoms with Crippen LogP contribution in [0.3, 0.4) is 0 Å². The van der Waals surface area contributed by atoms with Crippen molar-refractivity contribution < 1.29 is 4.74 Å². The molecular formula is C22H26N4OS2. The number of hydrogen-bond donors (Lipinski definition) is 0. The van der Waals surface area contributed by atoms with Crippen LogP contribution < -0.4 is 4.90 Å². The monoisotopic (exact) mass is 426 g/mol. The van der Waals surface area contributed by atoms with E-state index in [9.17, 15) is 0 Å². The Labute approximate surface area is 179 Å². The molecule has 5 rings (SSSR count). The number of nitrogens with zero attached hydrogens (tertiary/aromatic N) is 4. The Balaban J connectivity index is 1.48. The first kappa shape index (κ1) is 19.2. The lowest BCUT2D eigenvalue weighted by Crippen LogP contribution is -2.36. The number of ether oxygens (including phenoxy) is 1. The van der Waals surface area contributed by atoms with Gasteiger partial charge < -0.3 is 9.64 Å². The van der Waals surface area contributed by atoms with Crippen molar-refractivity contribution >= 4 is 44.3 Å². The Bertz CT molecular complexity index is 1030. The summed E-state index contributed by atoms with van der Waals surface area (Å²) >= 11 is 3.63. The van der Waals surface area contributed by atoms with Crippen molar-refractivity contribution in [2.45, 2.75) is 26.8 Å². The lowest BCUT2D eigenvalue weighted by atomic mass is 10.1. The zero-order valence-corrected chi connectivity index (χ0v) is 18.6. The molecule has 0 radical (unpaired) electrons. The summed E-state index contributed by atoms with van der Waals surface area (Å²) in [6, 6.07) is 4.36. The molecule has 7 heteroatoms. The molecule has 0 spiro atoms. The Morgan fingerprint density at radius 3 is 2.72 bits per heavy atom. The van der Waals surface area contributed by atoms with Crippen LogP contribution in [-0.4, -0.2) is 54.3 Å². The first-order valence-electron chi connectivity index (χ1n) is 10.2. The van der Waals surface area contributed by atoms with Crippen molar-refractivity contribution in [1.29, 1.82) is 0 Å². The van der Waals surface area contributed by atoms with Gasteiger partial charge in [-0.3, -0.25) is 4.90 Å². The van der Waals surface area contributed by atoms with Crippen LogP contribution >= 0.6 is 22.7 Å². The second kappa shape index (κ2) is 8.14. The van der Waals surface area contributed by atoms with Crippen LogP contribution in [0.4, 0.5) is 5.82 Å². The van der Waals surface area contributed by atoms with Crippen molar-refractivity contribution in [2.24, 2.45) is 0 Å². The Kier molecular flexibility index (Phi) is 5.39. The van der Waals surface area contributed by atoms with Crippen molar-refractivity contribution in [2.75, 3.05) is 44.3 Å². The molecule has 0 saturated carbocycles. The minimum Gasteiger partial charge on any atom is -0.379 e. The van der Waals surface area contributed by atoms with Crippen molar-refractivity contribution in [1.82, 2.24) is 14.9 Å². The first-order chi connectivity index (χ1) is 14.2. The largest absolute Gasteiger partial charge is 0.379 e. The molecule has 5 heterocycles. The average molecular weight is 427 g/mol. The number of aryl methyl sites for hydroxylation is 2. The number of fused-ring (bicyclic) bond motifs is 1. The number of anilines is 1. The molecule has 152 valence electrons. The number of aromatic nitrogens is 2. The summed E-state index contributed by atoms with van der Waals surface area (Å²) < 4.78 is 5.49. The van der Waals surface area contributed by atoms with E-state index in [1.54, 1.807) is 11.3 Å². The smallest absolute Gasteiger partial charge is 0.146 e. The predicted molar refractivity (Wildman–Crippen MR) is 122 cm³/mol. The highest BCUT2D eigenvalue weighted by Gasteiger charge is 2.22. The minimum atomic E-state index is 0.798. The maximum absolute atomic E-state index is 5.49. The number of rotatable bonds is 4. The fourth-order valence-corrected chi connectivity index (χ4v) is 5.92. The van der Waals surface area contributed by atoms with E-state index in [0.717, 1.165) is 68.8 Å². The molecular weight excluding hydrogens is 400 g/mol. The molecule has 0 bridgehead atoms. The maximum Gasteiger partial charge on any atom is 0.146 e. The zero-order valence-electron chi connectivity index (χ0n) is 17.0. The quantitative estimate of drug-likeness (QED) is 0.615. The summed E-state index contributed by atoms with van der Waals surface area (Å²) in [5.74, 6) is 2.05. The van der Waals surface area contributed by atoms with Crippen LogP contribution in [0.15, 0.2) is 23.6 Å².